The van der Waals surface area contributed by atoms with Gasteiger partial charge in [0.25, 0.3) is 0 Å². The summed E-state index contributed by atoms with van der Waals surface area (Å²) in [4.78, 5) is 16.8. The second-order valence-corrected chi connectivity index (χ2v) is 6.84. The summed E-state index contributed by atoms with van der Waals surface area (Å²) in [6.45, 7) is 3.11. The monoisotopic (exact) mass is 512 g/mol. The highest BCUT2D eigenvalue weighted by Crippen LogP contribution is 2.26. The highest BCUT2D eigenvalue weighted by atomic mass is 127. The summed E-state index contributed by atoms with van der Waals surface area (Å²) < 4.78 is 5.77. The van der Waals surface area contributed by atoms with E-state index in [0.717, 1.165) is 4.88 Å². The molecule has 1 unspecified atom stereocenters. The molecule has 0 aliphatic carbocycles. The van der Waals surface area contributed by atoms with E-state index in [1.807, 2.05) is 6.92 Å². The molecule has 4 N–H and O–H groups in total. The molecule has 7 nitrogen and oxygen atoms in total. The fourth-order valence-corrected chi connectivity index (χ4v) is 3.00. The zero-order valence-electron chi connectivity index (χ0n) is 14.2. The Kier molecular flexibility index (Phi) is 10.6. The molecule has 0 radical (unpaired) electrons. The molecule has 2 rings (SSSR count). The van der Waals surface area contributed by atoms with Gasteiger partial charge in [-0.3, -0.25) is 4.79 Å². The number of hydrogen-bond donors (Lipinski definition) is 4. The Morgan fingerprint density at radius 2 is 2.15 bits per heavy atom. The Balaban J connectivity index is 0.00000338. The minimum Gasteiger partial charge on any atom is -0.467 e. The van der Waals surface area contributed by atoms with E-state index in [2.05, 4.69) is 20.9 Å². The largest absolute Gasteiger partial charge is 0.467 e. The number of furan rings is 1. The van der Waals surface area contributed by atoms with Crippen molar-refractivity contribution in [2.75, 3.05) is 19.6 Å². The zero-order chi connectivity index (χ0) is 18.1. The number of aliphatic imine (C=N–C) groups is 1. The quantitative estimate of drug-likeness (QED) is 0.248. The number of amides is 1. The van der Waals surface area contributed by atoms with E-state index >= 15 is 0 Å². The van der Waals surface area contributed by atoms with Gasteiger partial charge in [0.05, 0.1) is 17.1 Å². The third-order valence-corrected chi connectivity index (χ3v) is 4.48. The number of carbonyl (C=O) groups is 1. The molecule has 2 heterocycles. The van der Waals surface area contributed by atoms with E-state index in [4.69, 9.17) is 16.0 Å². The number of aliphatic hydroxyl groups is 1. The van der Waals surface area contributed by atoms with Crippen molar-refractivity contribution in [1.29, 1.82) is 0 Å². The third-order valence-electron chi connectivity index (χ3n) is 3.15. The highest BCUT2D eigenvalue weighted by Gasteiger charge is 2.11. The van der Waals surface area contributed by atoms with Crippen LogP contribution in [0.25, 0.3) is 0 Å². The van der Waals surface area contributed by atoms with Crippen LogP contribution in [0, 0.1) is 0 Å². The number of thiophene rings is 1. The number of hydrogen-bond acceptors (Lipinski definition) is 5. The fourth-order valence-electron chi connectivity index (χ4n) is 1.95. The molecular weight excluding hydrogens is 491 g/mol. The first-order valence-corrected chi connectivity index (χ1v) is 9.02. The number of carbonyl (C=O) groups excluding carboxylic acids is 1. The lowest BCUT2D eigenvalue weighted by atomic mass is 10.3. The molecule has 144 valence electrons. The number of guanidine groups is 1. The minimum atomic E-state index is -0.700. The lowest BCUT2D eigenvalue weighted by molar-refractivity contribution is -0.119. The summed E-state index contributed by atoms with van der Waals surface area (Å²) in [7, 11) is 0. The van der Waals surface area contributed by atoms with Gasteiger partial charge in [0, 0.05) is 18.0 Å². The number of rotatable bonds is 8. The molecule has 10 heteroatoms. The van der Waals surface area contributed by atoms with Gasteiger partial charge in [-0.1, -0.05) is 11.6 Å². The van der Waals surface area contributed by atoms with Crippen molar-refractivity contribution in [2.24, 2.45) is 4.99 Å². The van der Waals surface area contributed by atoms with E-state index in [-0.39, 0.29) is 43.0 Å². The van der Waals surface area contributed by atoms with Crippen LogP contribution in [0.4, 0.5) is 0 Å². The summed E-state index contributed by atoms with van der Waals surface area (Å²) in [5.74, 6) is 0.914. The molecule has 1 atom stereocenters. The van der Waals surface area contributed by atoms with Crippen LogP contribution in [0.15, 0.2) is 39.9 Å². The lowest BCUT2D eigenvalue weighted by Crippen LogP contribution is -2.40. The number of nitrogens with zero attached hydrogens (tertiary/aromatic N) is 1. The third kappa shape index (κ3) is 7.94. The molecular formula is C16H22ClIN4O3S. The highest BCUT2D eigenvalue weighted by molar-refractivity contribution is 14.0. The Bertz CT molecular complexity index is 693. The van der Waals surface area contributed by atoms with Crippen LogP contribution in [0.2, 0.25) is 4.34 Å². The van der Waals surface area contributed by atoms with Gasteiger partial charge >= 0.3 is 0 Å². The molecule has 2 aromatic rings. The summed E-state index contributed by atoms with van der Waals surface area (Å²) in [5, 5.41) is 18.9. The molecule has 0 bridgehead atoms. The van der Waals surface area contributed by atoms with Gasteiger partial charge in [0.15, 0.2) is 5.96 Å². The fraction of sp³-hybridized carbons (Fsp3) is 0.375. The average Bonchev–Trinajstić information content (AvgIpc) is 3.26. The van der Waals surface area contributed by atoms with Gasteiger partial charge in [-0.2, -0.15) is 0 Å². The summed E-state index contributed by atoms with van der Waals surface area (Å²) in [6.07, 6.45) is 0.855. The maximum atomic E-state index is 11.8. The van der Waals surface area contributed by atoms with Gasteiger partial charge in [-0.25, -0.2) is 4.99 Å². The Labute approximate surface area is 178 Å². The summed E-state index contributed by atoms with van der Waals surface area (Å²) in [5.41, 5.74) is 0. The Hall–Kier alpha value is -1.30. The molecule has 0 aliphatic rings. The van der Waals surface area contributed by atoms with Crippen LogP contribution < -0.4 is 16.0 Å². The van der Waals surface area contributed by atoms with E-state index in [0.29, 0.717) is 29.1 Å². The molecule has 1 amide bonds. The van der Waals surface area contributed by atoms with Crippen LogP contribution in [0.5, 0.6) is 0 Å². The smallest absolute Gasteiger partial charge is 0.242 e. The molecule has 0 saturated carbocycles. The molecule has 0 spiro atoms. The summed E-state index contributed by atoms with van der Waals surface area (Å²) in [6, 6.07) is 7.07. The Morgan fingerprint density at radius 3 is 2.77 bits per heavy atom. The number of aliphatic hydroxyl groups excluding tert-OH is 1. The van der Waals surface area contributed by atoms with Crippen LogP contribution in [-0.4, -0.2) is 36.6 Å². The average molecular weight is 513 g/mol. The van der Waals surface area contributed by atoms with Crippen molar-refractivity contribution in [1.82, 2.24) is 16.0 Å². The van der Waals surface area contributed by atoms with Crippen LogP contribution >= 0.6 is 46.9 Å². The molecule has 0 aliphatic heterocycles. The van der Waals surface area contributed by atoms with Crippen molar-refractivity contribution >= 4 is 58.8 Å². The second kappa shape index (κ2) is 12.2. The zero-order valence-corrected chi connectivity index (χ0v) is 18.1. The van der Waals surface area contributed by atoms with Crippen LogP contribution in [-0.2, 0) is 11.3 Å². The molecule has 0 fully saturated rings. The van der Waals surface area contributed by atoms with Gasteiger partial charge in [-0.05, 0) is 31.2 Å². The first-order valence-electron chi connectivity index (χ1n) is 7.83. The standard InChI is InChI=1S/C16H21ClN4O3S.HI/c1-2-18-16(20-9-12(22)13-5-6-14(17)25-13)21-10-15(23)19-8-11-4-3-7-24-11;/h3-7,12,22H,2,8-10H2,1H3,(H,19,23)(H2,18,20,21);1H. The first-order chi connectivity index (χ1) is 12.1. The predicted octanol–water partition coefficient (Wildman–Crippen LogP) is 2.52. The maximum Gasteiger partial charge on any atom is 0.242 e. The van der Waals surface area contributed by atoms with Gasteiger partial charge in [0.1, 0.15) is 18.4 Å². The molecule has 26 heavy (non-hydrogen) atoms. The number of halogens is 2. The maximum absolute atomic E-state index is 11.8. The van der Waals surface area contributed by atoms with Crippen molar-refractivity contribution in [3.63, 3.8) is 0 Å². The van der Waals surface area contributed by atoms with E-state index in [1.165, 1.54) is 11.3 Å². The molecule has 0 aromatic carbocycles. The van der Waals surface area contributed by atoms with Gasteiger partial charge in [0.2, 0.25) is 5.91 Å². The van der Waals surface area contributed by atoms with E-state index in [9.17, 15) is 9.90 Å². The van der Waals surface area contributed by atoms with Crippen LogP contribution in [0.3, 0.4) is 0 Å². The molecule has 2 aromatic heterocycles. The number of nitrogens with one attached hydrogen (secondary N) is 3. The van der Waals surface area contributed by atoms with Crippen molar-refractivity contribution in [2.45, 2.75) is 19.6 Å². The van der Waals surface area contributed by atoms with Gasteiger partial charge < -0.3 is 25.5 Å². The van der Waals surface area contributed by atoms with Crippen molar-refractivity contribution in [3.05, 3.63) is 45.5 Å². The lowest BCUT2D eigenvalue weighted by Gasteiger charge is -2.14. The summed E-state index contributed by atoms with van der Waals surface area (Å²) >= 11 is 7.19. The van der Waals surface area contributed by atoms with Crippen molar-refractivity contribution < 1.29 is 14.3 Å². The molecule has 0 saturated heterocycles. The Morgan fingerprint density at radius 1 is 1.35 bits per heavy atom. The SMILES string of the molecule is CCNC(=NCC(=O)NCc1ccco1)NCC(O)c1ccc(Cl)s1.I. The normalized spacial score (nSPS) is 12.2. The van der Waals surface area contributed by atoms with E-state index in [1.54, 1.807) is 30.5 Å². The predicted molar refractivity (Wildman–Crippen MR) is 114 cm³/mol. The van der Waals surface area contributed by atoms with Crippen molar-refractivity contribution in [3.8, 4) is 0 Å². The first kappa shape index (κ1) is 22.7. The topological polar surface area (TPSA) is 98.9 Å². The van der Waals surface area contributed by atoms with Gasteiger partial charge in [-0.15, -0.1) is 35.3 Å². The minimum absolute atomic E-state index is 0. The van der Waals surface area contributed by atoms with Crippen LogP contribution in [0.1, 0.15) is 23.7 Å². The van der Waals surface area contributed by atoms with E-state index < -0.39 is 6.10 Å². The second-order valence-electron chi connectivity index (χ2n) is 5.09.